The fraction of sp³-hybridized carbons (Fsp3) is 0.375. The lowest BCUT2D eigenvalue weighted by molar-refractivity contribution is 0.287. The molecule has 2 aromatic rings. The van der Waals surface area contributed by atoms with E-state index in [-0.39, 0.29) is 0 Å². The summed E-state index contributed by atoms with van der Waals surface area (Å²) >= 11 is 5.23. The highest BCUT2D eigenvalue weighted by Gasteiger charge is 2.10. The minimum atomic E-state index is 0.596. The van der Waals surface area contributed by atoms with Crippen LogP contribution in [0.3, 0.4) is 0 Å². The summed E-state index contributed by atoms with van der Waals surface area (Å²) in [6.45, 7) is 9.50. The van der Waals surface area contributed by atoms with Crippen LogP contribution in [0.1, 0.15) is 25.2 Å². The van der Waals surface area contributed by atoms with Gasteiger partial charge in [-0.3, -0.25) is 9.67 Å². The number of benzene rings is 1. The first kappa shape index (κ1) is 16.3. The lowest BCUT2D eigenvalue weighted by atomic mass is 10.1. The number of ether oxygens (including phenoxy) is 2. The second kappa shape index (κ2) is 7.79. The third-order valence-corrected chi connectivity index (χ3v) is 3.43. The summed E-state index contributed by atoms with van der Waals surface area (Å²) in [6, 6.07) is 5.94. The average Bonchev–Trinajstić information content (AvgIpc) is 2.84. The van der Waals surface area contributed by atoms with Gasteiger partial charge in [0.25, 0.3) is 0 Å². The number of nitrogens with one attached hydrogen (secondary N) is 1. The van der Waals surface area contributed by atoms with E-state index in [9.17, 15) is 0 Å². The van der Waals surface area contributed by atoms with Crippen molar-refractivity contribution < 1.29 is 9.47 Å². The van der Waals surface area contributed by atoms with Crippen molar-refractivity contribution >= 4 is 12.2 Å². The zero-order chi connectivity index (χ0) is 15.9. The summed E-state index contributed by atoms with van der Waals surface area (Å²) < 4.78 is 13.8. The zero-order valence-corrected chi connectivity index (χ0v) is 13.8. The molecular formula is C16H21N3O2S. The molecular weight excluding hydrogens is 298 g/mol. The van der Waals surface area contributed by atoms with E-state index in [1.165, 1.54) is 0 Å². The van der Waals surface area contributed by atoms with Gasteiger partial charge >= 0.3 is 0 Å². The van der Waals surface area contributed by atoms with Crippen LogP contribution < -0.4 is 9.47 Å². The molecule has 22 heavy (non-hydrogen) atoms. The Hall–Kier alpha value is -2.08. The Morgan fingerprint density at radius 3 is 2.68 bits per heavy atom. The van der Waals surface area contributed by atoms with Crippen LogP contribution in [0, 0.1) is 4.77 Å². The highest BCUT2D eigenvalue weighted by Crippen LogP contribution is 2.29. The van der Waals surface area contributed by atoms with Crippen molar-refractivity contribution in [1.82, 2.24) is 14.8 Å². The van der Waals surface area contributed by atoms with Crippen LogP contribution >= 0.6 is 12.2 Å². The highest BCUT2D eigenvalue weighted by molar-refractivity contribution is 7.71. The third kappa shape index (κ3) is 3.76. The molecule has 1 heterocycles. The normalized spacial score (nSPS) is 10.5. The zero-order valence-electron chi connectivity index (χ0n) is 13.0. The van der Waals surface area contributed by atoms with Gasteiger partial charge in [0.05, 0.1) is 13.2 Å². The largest absolute Gasteiger partial charge is 0.490 e. The summed E-state index contributed by atoms with van der Waals surface area (Å²) in [5.74, 6) is 2.39. The summed E-state index contributed by atoms with van der Waals surface area (Å²) in [7, 11) is 0. The van der Waals surface area contributed by atoms with Gasteiger partial charge in [0.2, 0.25) is 0 Å². The van der Waals surface area contributed by atoms with Crippen molar-refractivity contribution in [3.05, 3.63) is 47.0 Å². The molecule has 0 fully saturated rings. The smallest absolute Gasteiger partial charge is 0.195 e. The SMILES string of the molecule is C=CCn1c(Cc2ccc(OCC)c(OCC)c2)n[nH]c1=S. The Morgan fingerprint density at radius 1 is 1.27 bits per heavy atom. The molecule has 6 heteroatoms. The standard InChI is InChI=1S/C16H21N3O2S/c1-4-9-19-15(17-18-16(19)22)11-12-7-8-13(20-5-2)14(10-12)21-6-3/h4,7-8,10H,1,5-6,9,11H2,2-3H3,(H,18,22). The minimum Gasteiger partial charge on any atom is -0.490 e. The molecule has 0 atom stereocenters. The van der Waals surface area contributed by atoms with Crippen molar-refractivity contribution in [3.8, 4) is 11.5 Å². The van der Waals surface area contributed by atoms with Gasteiger partial charge in [0, 0.05) is 13.0 Å². The van der Waals surface area contributed by atoms with Gasteiger partial charge in [-0.25, -0.2) is 0 Å². The maximum Gasteiger partial charge on any atom is 0.195 e. The lowest BCUT2D eigenvalue weighted by Crippen LogP contribution is -2.04. The van der Waals surface area contributed by atoms with Gasteiger partial charge in [-0.05, 0) is 43.8 Å². The van der Waals surface area contributed by atoms with Crippen LogP contribution in [0.5, 0.6) is 11.5 Å². The Bertz CT molecular complexity index is 691. The van der Waals surface area contributed by atoms with Crippen LogP contribution in [0.25, 0.3) is 0 Å². The molecule has 0 radical (unpaired) electrons. The van der Waals surface area contributed by atoms with Crippen molar-refractivity contribution in [3.63, 3.8) is 0 Å². The molecule has 0 saturated carbocycles. The van der Waals surface area contributed by atoms with Crippen LogP contribution in [0.4, 0.5) is 0 Å². The fourth-order valence-electron chi connectivity index (χ4n) is 2.19. The van der Waals surface area contributed by atoms with E-state index in [1.807, 2.05) is 36.6 Å². The van der Waals surface area contributed by atoms with E-state index in [0.717, 1.165) is 22.9 Å². The number of nitrogens with zero attached hydrogens (tertiary/aromatic N) is 2. The summed E-state index contributed by atoms with van der Waals surface area (Å²) in [6.07, 6.45) is 2.46. The number of aromatic nitrogens is 3. The molecule has 0 aliphatic heterocycles. The van der Waals surface area contributed by atoms with Crippen molar-refractivity contribution in [2.45, 2.75) is 26.8 Å². The molecule has 0 amide bonds. The predicted molar refractivity (Wildman–Crippen MR) is 89.2 cm³/mol. The Kier molecular flexibility index (Phi) is 5.77. The van der Waals surface area contributed by atoms with E-state index in [2.05, 4.69) is 16.8 Å². The second-order valence-electron chi connectivity index (χ2n) is 4.67. The number of rotatable bonds is 8. The minimum absolute atomic E-state index is 0.596. The van der Waals surface area contributed by atoms with Crippen LogP contribution in [0.2, 0.25) is 0 Å². The van der Waals surface area contributed by atoms with Gasteiger partial charge in [-0.2, -0.15) is 5.10 Å². The van der Waals surface area contributed by atoms with Gasteiger partial charge in [0.1, 0.15) is 5.82 Å². The molecule has 1 aromatic carbocycles. The predicted octanol–water partition coefficient (Wildman–Crippen LogP) is 3.51. The molecule has 1 aromatic heterocycles. The number of hydrogen-bond acceptors (Lipinski definition) is 4. The Morgan fingerprint density at radius 2 is 2.00 bits per heavy atom. The Balaban J connectivity index is 2.28. The number of hydrogen-bond donors (Lipinski definition) is 1. The molecule has 0 saturated heterocycles. The molecule has 0 aliphatic rings. The fourth-order valence-corrected chi connectivity index (χ4v) is 2.42. The van der Waals surface area contributed by atoms with Gasteiger partial charge in [-0.1, -0.05) is 12.1 Å². The van der Waals surface area contributed by atoms with Crippen molar-refractivity contribution in [1.29, 1.82) is 0 Å². The molecule has 2 rings (SSSR count). The van der Waals surface area contributed by atoms with E-state index in [0.29, 0.717) is 31.0 Å². The monoisotopic (exact) mass is 319 g/mol. The van der Waals surface area contributed by atoms with Crippen molar-refractivity contribution in [2.24, 2.45) is 0 Å². The first-order valence-corrected chi connectivity index (χ1v) is 7.73. The van der Waals surface area contributed by atoms with Gasteiger partial charge in [0.15, 0.2) is 16.3 Å². The Labute approximate surface area is 135 Å². The van der Waals surface area contributed by atoms with Crippen LogP contribution in [-0.2, 0) is 13.0 Å². The topological polar surface area (TPSA) is 52.1 Å². The average molecular weight is 319 g/mol. The van der Waals surface area contributed by atoms with Gasteiger partial charge in [-0.15, -0.1) is 6.58 Å². The lowest BCUT2D eigenvalue weighted by Gasteiger charge is -2.12. The summed E-state index contributed by atoms with van der Waals surface area (Å²) in [4.78, 5) is 0. The molecule has 118 valence electrons. The van der Waals surface area contributed by atoms with E-state index in [4.69, 9.17) is 21.7 Å². The third-order valence-electron chi connectivity index (χ3n) is 3.12. The maximum atomic E-state index is 5.65. The van der Waals surface area contributed by atoms with E-state index in [1.54, 1.807) is 6.08 Å². The highest BCUT2D eigenvalue weighted by atomic mass is 32.1. The van der Waals surface area contributed by atoms with E-state index >= 15 is 0 Å². The number of H-pyrrole nitrogens is 1. The summed E-state index contributed by atoms with van der Waals surface area (Å²) in [5.41, 5.74) is 1.09. The molecule has 0 aliphatic carbocycles. The number of aromatic amines is 1. The van der Waals surface area contributed by atoms with Crippen molar-refractivity contribution in [2.75, 3.05) is 13.2 Å². The first-order valence-electron chi connectivity index (χ1n) is 7.33. The molecule has 0 spiro atoms. The maximum absolute atomic E-state index is 5.65. The van der Waals surface area contributed by atoms with Crippen LogP contribution in [0.15, 0.2) is 30.9 Å². The molecule has 0 unspecified atom stereocenters. The molecule has 0 bridgehead atoms. The van der Waals surface area contributed by atoms with Crippen LogP contribution in [-0.4, -0.2) is 28.0 Å². The summed E-state index contributed by atoms with van der Waals surface area (Å²) in [5, 5.41) is 7.12. The quantitative estimate of drug-likeness (QED) is 0.597. The second-order valence-corrected chi connectivity index (χ2v) is 5.05. The first-order chi connectivity index (χ1) is 10.7. The number of allylic oxidation sites excluding steroid dienone is 1. The molecule has 5 nitrogen and oxygen atoms in total. The van der Waals surface area contributed by atoms with Gasteiger partial charge < -0.3 is 9.47 Å². The molecule has 1 N–H and O–H groups in total. The van der Waals surface area contributed by atoms with E-state index < -0.39 is 0 Å².